The van der Waals surface area contributed by atoms with Gasteiger partial charge in [-0.2, -0.15) is 0 Å². The summed E-state index contributed by atoms with van der Waals surface area (Å²) in [7, 11) is 0. The molecule has 0 spiro atoms. The molecule has 6 aromatic rings. The number of hydrogen-bond acceptors (Lipinski definition) is 12. The fraction of sp³-hybridized carbons (Fsp3) is 0.441. The van der Waals surface area contributed by atoms with Gasteiger partial charge in [0.05, 0.1) is 13.2 Å². The van der Waals surface area contributed by atoms with Crippen LogP contribution < -0.4 is 39.9 Å². The number of ether oxygens (including phenoxy) is 8. The van der Waals surface area contributed by atoms with Crippen molar-refractivity contribution in [2.24, 2.45) is 0 Å². The van der Waals surface area contributed by atoms with Crippen molar-refractivity contribution in [2.45, 2.75) is 144 Å². The molecule has 0 aliphatic heterocycles. The third-order valence-electron chi connectivity index (χ3n) is 14.2. The lowest BCUT2D eigenvalue weighted by molar-refractivity contribution is -0.146. The zero-order valence-electron chi connectivity index (χ0n) is 50.0. The van der Waals surface area contributed by atoms with E-state index in [9.17, 15) is 9.59 Å². The molecule has 0 saturated heterocycles. The van der Waals surface area contributed by atoms with Gasteiger partial charge >= 0.3 is 11.9 Å². The molecule has 0 radical (unpaired) electrons. The fourth-order valence-electron chi connectivity index (χ4n) is 9.85. The van der Waals surface area contributed by atoms with Crippen LogP contribution in [-0.2, 0) is 66.4 Å². The molecule has 428 valence electrons. The zero-order valence-corrected chi connectivity index (χ0v) is 50.0. The van der Waals surface area contributed by atoms with Gasteiger partial charge < -0.3 is 49.4 Å². The monoisotopic (exact) mass is 1090 g/mol. The van der Waals surface area contributed by atoms with Crippen molar-refractivity contribution in [1.82, 2.24) is 0 Å². The molecule has 12 nitrogen and oxygen atoms in total. The van der Waals surface area contributed by atoms with Gasteiger partial charge in [-0.05, 0) is 127 Å². The van der Waals surface area contributed by atoms with Gasteiger partial charge in [-0.1, -0.05) is 144 Å². The van der Waals surface area contributed by atoms with Gasteiger partial charge in [0.25, 0.3) is 0 Å². The molecule has 4 N–H and O–H groups in total. The molecule has 6 aromatic carbocycles. The Morgan fingerprint density at radius 2 is 0.625 bits per heavy atom. The Bertz CT molecular complexity index is 2840. The smallest absolute Gasteiger partial charge is 0.344 e. The average Bonchev–Trinajstić information content (AvgIpc) is 3.43. The summed E-state index contributed by atoms with van der Waals surface area (Å²) in [6.45, 7) is 30.9. The Morgan fingerprint density at radius 3 is 0.863 bits per heavy atom. The predicted molar refractivity (Wildman–Crippen MR) is 320 cm³/mol. The minimum atomic E-state index is -0.467. The van der Waals surface area contributed by atoms with E-state index in [1.807, 2.05) is 36.4 Å². The summed E-state index contributed by atoms with van der Waals surface area (Å²) in [6, 6.07) is 32.5. The number of rotatable bonds is 18. The van der Waals surface area contributed by atoms with Gasteiger partial charge in [-0.15, -0.1) is 0 Å². The summed E-state index contributed by atoms with van der Waals surface area (Å²) < 4.78 is 51.2. The lowest BCUT2D eigenvalue weighted by atomic mass is 9.79. The lowest BCUT2D eigenvalue weighted by Crippen LogP contribution is -2.20. The summed E-state index contributed by atoms with van der Waals surface area (Å²) in [4.78, 5) is 26.8. The highest BCUT2D eigenvalue weighted by atomic mass is 16.6. The molecule has 0 unspecified atom stereocenters. The molecule has 0 aromatic heterocycles. The van der Waals surface area contributed by atoms with Crippen molar-refractivity contribution < 1.29 is 47.5 Å². The van der Waals surface area contributed by atoms with Crippen molar-refractivity contribution in [3.8, 4) is 34.5 Å². The molecular formula is C68H86N2O10. The summed E-state index contributed by atoms with van der Waals surface area (Å²) >= 11 is 0. The normalized spacial score (nSPS) is 12.8. The standard InChI is InChI=1S/C68H86N2O10/c1-15-73-59(71)41-79-63-47-27-43-31-51(65(3,4)5)33-45(61(43)77-25-23-75-57-21-17-19-55(69)39-57)29-49-37-54(68(12,13)14)38-50(64(49)80-42-60(72)74-16-2)30-46-34-52(66(6,7)8)32-44(28-48(63)36-53(35-47)67(9,10)11)62(46)78-26-24-76-58-22-18-20-56(70)40-58/h17-22,31-40H,15-16,23-30,41-42,69-70H2,1-14H3. The number of anilines is 2. The van der Waals surface area contributed by atoms with Crippen LogP contribution in [0.3, 0.4) is 0 Å². The summed E-state index contributed by atoms with van der Waals surface area (Å²) in [5.41, 5.74) is 23.9. The first-order valence-electron chi connectivity index (χ1n) is 28.1. The molecule has 8 bridgehead atoms. The van der Waals surface area contributed by atoms with Crippen molar-refractivity contribution in [2.75, 3.05) is 64.3 Å². The molecule has 0 amide bonds. The quantitative estimate of drug-likeness (QED) is 0.0476. The van der Waals surface area contributed by atoms with E-state index in [-0.39, 0.29) is 74.5 Å². The molecule has 1 aliphatic carbocycles. The third kappa shape index (κ3) is 15.9. The van der Waals surface area contributed by atoms with Crippen molar-refractivity contribution >= 4 is 23.3 Å². The van der Waals surface area contributed by atoms with Gasteiger partial charge in [-0.25, -0.2) is 9.59 Å². The fourth-order valence-corrected chi connectivity index (χ4v) is 9.85. The van der Waals surface area contributed by atoms with Crippen LogP contribution in [0.2, 0.25) is 0 Å². The van der Waals surface area contributed by atoms with Crippen molar-refractivity contribution in [3.63, 3.8) is 0 Å². The first-order chi connectivity index (χ1) is 37.7. The van der Waals surface area contributed by atoms with Crippen LogP contribution in [0, 0.1) is 0 Å². The van der Waals surface area contributed by atoms with E-state index in [1.165, 1.54) is 0 Å². The van der Waals surface area contributed by atoms with Gasteiger partial charge in [0, 0.05) is 49.2 Å². The van der Waals surface area contributed by atoms with Crippen LogP contribution in [0.4, 0.5) is 11.4 Å². The lowest BCUT2D eigenvalue weighted by Gasteiger charge is -2.29. The van der Waals surface area contributed by atoms with Crippen LogP contribution in [0.5, 0.6) is 34.5 Å². The van der Waals surface area contributed by atoms with E-state index >= 15 is 0 Å². The maximum Gasteiger partial charge on any atom is 0.344 e. The largest absolute Gasteiger partial charge is 0.490 e. The molecule has 12 heteroatoms. The maximum atomic E-state index is 13.4. The number of nitrogen functional groups attached to an aromatic ring is 2. The second-order valence-electron chi connectivity index (χ2n) is 24.9. The van der Waals surface area contributed by atoms with Crippen LogP contribution in [0.15, 0.2) is 97.1 Å². The summed E-state index contributed by atoms with van der Waals surface area (Å²) in [5, 5.41) is 0. The van der Waals surface area contributed by atoms with Gasteiger partial charge in [0.2, 0.25) is 0 Å². The van der Waals surface area contributed by atoms with Crippen molar-refractivity contribution in [1.29, 1.82) is 0 Å². The second-order valence-corrected chi connectivity index (χ2v) is 24.9. The molecule has 0 fully saturated rings. The number of hydrogen-bond donors (Lipinski definition) is 2. The molecule has 7 rings (SSSR count). The minimum Gasteiger partial charge on any atom is -0.490 e. The molecule has 0 heterocycles. The maximum absolute atomic E-state index is 13.4. The Balaban J connectivity index is 1.56. The number of carbonyl (C=O) groups is 2. The van der Waals surface area contributed by atoms with Crippen LogP contribution in [0.25, 0.3) is 0 Å². The Kier molecular flexibility index (Phi) is 19.2. The minimum absolute atomic E-state index is 0.209. The van der Waals surface area contributed by atoms with E-state index in [0.717, 1.165) is 66.8 Å². The third-order valence-corrected chi connectivity index (χ3v) is 14.2. The SMILES string of the molecule is CCOC(=O)COc1c2cc(C(C)(C)C)cc1Cc1cc(C(C)(C)C)cc(c1OCCOc1cccc(N)c1)Cc1cc(C(C)(C)C)cc(c1OCC(=O)OCC)Cc1cc(C(C)(C)C)cc(c1OCCOc1cccc(N)c1)C2. The van der Waals surface area contributed by atoms with E-state index in [2.05, 4.69) is 132 Å². The van der Waals surface area contributed by atoms with Gasteiger partial charge in [0.1, 0.15) is 60.9 Å². The topological polar surface area (TPSA) is 160 Å². The van der Waals surface area contributed by atoms with Crippen molar-refractivity contribution in [3.05, 3.63) is 164 Å². The second kappa shape index (κ2) is 25.4. The Hall–Kier alpha value is -7.34. The highest BCUT2D eigenvalue weighted by molar-refractivity contribution is 5.72. The number of nitrogens with two attached hydrogens (primary N) is 2. The molecule has 80 heavy (non-hydrogen) atoms. The highest BCUT2D eigenvalue weighted by Gasteiger charge is 2.30. The number of benzene rings is 6. The number of carbonyl (C=O) groups excluding carboxylic acids is 2. The Morgan fingerprint density at radius 1 is 0.375 bits per heavy atom. The summed E-state index contributed by atoms with van der Waals surface area (Å²) in [6.07, 6.45) is 1.48. The highest BCUT2D eigenvalue weighted by Crippen LogP contribution is 2.45. The van der Waals surface area contributed by atoms with Gasteiger partial charge in [-0.3, -0.25) is 0 Å². The van der Waals surface area contributed by atoms with E-state index in [1.54, 1.807) is 26.0 Å². The number of fused-ring (bicyclic) bond motifs is 8. The van der Waals surface area contributed by atoms with Crippen LogP contribution in [0.1, 0.15) is 164 Å². The first kappa shape index (κ1) is 60.3. The average molecular weight is 1090 g/mol. The van der Waals surface area contributed by atoms with E-state index in [4.69, 9.17) is 49.4 Å². The predicted octanol–water partition coefficient (Wildman–Crippen LogP) is 13.5. The zero-order chi connectivity index (χ0) is 58.2. The summed E-state index contributed by atoms with van der Waals surface area (Å²) in [5.74, 6) is 2.91. The number of esters is 2. The first-order valence-corrected chi connectivity index (χ1v) is 28.1. The molecule has 1 aliphatic rings. The molecule has 0 saturated carbocycles. The van der Waals surface area contributed by atoms with Crippen LogP contribution in [-0.4, -0.2) is 64.8 Å². The molecule has 0 atom stereocenters. The van der Waals surface area contributed by atoms with Gasteiger partial charge in [0.15, 0.2) is 13.2 Å². The van der Waals surface area contributed by atoms with Crippen LogP contribution >= 0.6 is 0 Å². The van der Waals surface area contributed by atoms with E-state index in [0.29, 0.717) is 71.6 Å². The molecular weight excluding hydrogens is 1000 g/mol. The van der Waals surface area contributed by atoms with E-state index < -0.39 is 11.9 Å². The Labute approximate surface area is 475 Å².